The van der Waals surface area contributed by atoms with Gasteiger partial charge in [0, 0.05) is 12.6 Å². The van der Waals surface area contributed by atoms with Gasteiger partial charge in [-0.3, -0.25) is 4.79 Å². The highest BCUT2D eigenvalue weighted by Gasteiger charge is 2.27. The lowest BCUT2D eigenvalue weighted by Crippen LogP contribution is -2.44. The Kier molecular flexibility index (Phi) is 6.80. The number of aromatic carboxylic acids is 1. The number of hydrogen-bond donors (Lipinski definition) is 3. The number of rotatable bonds is 6. The summed E-state index contributed by atoms with van der Waals surface area (Å²) < 4.78 is 5.03. The van der Waals surface area contributed by atoms with Crippen LogP contribution in [0.5, 0.6) is 0 Å². The van der Waals surface area contributed by atoms with Gasteiger partial charge in [-0.25, -0.2) is 9.59 Å². The van der Waals surface area contributed by atoms with Crippen LogP contribution in [0.15, 0.2) is 24.3 Å². The molecule has 1 aliphatic carbocycles. The summed E-state index contributed by atoms with van der Waals surface area (Å²) in [4.78, 5) is 34.5. The molecule has 0 spiro atoms. The normalized spacial score (nSPS) is 19.7. The number of nitrogens with one attached hydrogen (secondary N) is 2. The molecule has 1 aromatic carbocycles. The predicted molar refractivity (Wildman–Crippen MR) is 91.2 cm³/mol. The van der Waals surface area contributed by atoms with E-state index in [-0.39, 0.29) is 29.5 Å². The molecule has 25 heavy (non-hydrogen) atoms. The maximum atomic E-state index is 12.0. The molecular formula is C18H24N2O5. The van der Waals surface area contributed by atoms with Crippen molar-refractivity contribution in [1.82, 2.24) is 10.6 Å². The molecule has 0 bridgehead atoms. The van der Waals surface area contributed by atoms with E-state index in [1.165, 1.54) is 12.1 Å². The molecule has 0 unspecified atom stereocenters. The fourth-order valence-corrected chi connectivity index (χ4v) is 2.92. The zero-order valence-electron chi connectivity index (χ0n) is 14.3. The molecule has 0 atom stereocenters. The Labute approximate surface area is 146 Å². The molecule has 0 heterocycles. The molecule has 1 saturated carbocycles. The quantitative estimate of drug-likeness (QED) is 0.684. The first-order valence-corrected chi connectivity index (χ1v) is 8.52. The number of carboxylic acids is 1. The van der Waals surface area contributed by atoms with E-state index < -0.39 is 5.97 Å². The van der Waals surface area contributed by atoms with Crippen LogP contribution in [0.3, 0.4) is 0 Å². The van der Waals surface area contributed by atoms with Crippen LogP contribution in [0.2, 0.25) is 0 Å². The van der Waals surface area contributed by atoms with E-state index >= 15 is 0 Å². The lowest BCUT2D eigenvalue weighted by molar-refractivity contribution is -0.149. The number of urea groups is 1. The number of ether oxygens (including phenoxy) is 1. The Morgan fingerprint density at radius 1 is 1.12 bits per heavy atom. The first kappa shape index (κ1) is 18.8. The molecular weight excluding hydrogens is 324 g/mol. The second-order valence-electron chi connectivity index (χ2n) is 6.13. The van der Waals surface area contributed by atoms with Gasteiger partial charge in [-0.2, -0.15) is 0 Å². The van der Waals surface area contributed by atoms with Gasteiger partial charge < -0.3 is 20.5 Å². The summed E-state index contributed by atoms with van der Waals surface area (Å²) in [6, 6.07) is 6.16. The Morgan fingerprint density at radius 3 is 2.32 bits per heavy atom. The molecule has 3 N–H and O–H groups in total. The van der Waals surface area contributed by atoms with Crippen LogP contribution in [0.1, 0.15) is 48.5 Å². The fourth-order valence-electron chi connectivity index (χ4n) is 2.92. The van der Waals surface area contributed by atoms with E-state index in [4.69, 9.17) is 9.84 Å². The number of carbonyl (C=O) groups excluding carboxylic acids is 2. The third-order valence-corrected chi connectivity index (χ3v) is 4.34. The van der Waals surface area contributed by atoms with Crippen molar-refractivity contribution in [1.29, 1.82) is 0 Å². The summed E-state index contributed by atoms with van der Waals surface area (Å²) in [5.41, 5.74) is 1.04. The van der Waals surface area contributed by atoms with Gasteiger partial charge >= 0.3 is 18.0 Å². The summed E-state index contributed by atoms with van der Waals surface area (Å²) in [7, 11) is 0. The summed E-state index contributed by atoms with van der Waals surface area (Å²) >= 11 is 0. The van der Waals surface area contributed by atoms with Gasteiger partial charge in [0.15, 0.2) is 0 Å². The maximum absolute atomic E-state index is 12.0. The van der Waals surface area contributed by atoms with Crippen LogP contribution in [-0.4, -0.2) is 35.7 Å². The molecule has 1 aliphatic rings. The molecule has 7 heteroatoms. The van der Waals surface area contributed by atoms with Crippen LogP contribution in [0.4, 0.5) is 4.79 Å². The van der Waals surface area contributed by atoms with Crippen molar-refractivity contribution in [3.63, 3.8) is 0 Å². The van der Waals surface area contributed by atoms with E-state index in [0.29, 0.717) is 13.2 Å². The van der Waals surface area contributed by atoms with Crippen LogP contribution in [-0.2, 0) is 16.1 Å². The number of esters is 1. The van der Waals surface area contributed by atoms with Crippen LogP contribution >= 0.6 is 0 Å². The van der Waals surface area contributed by atoms with Crippen LogP contribution < -0.4 is 10.6 Å². The van der Waals surface area contributed by atoms with Gasteiger partial charge in [-0.15, -0.1) is 0 Å². The second kappa shape index (κ2) is 9.05. The van der Waals surface area contributed by atoms with Crippen LogP contribution in [0, 0.1) is 5.92 Å². The van der Waals surface area contributed by atoms with Crippen molar-refractivity contribution < 1.29 is 24.2 Å². The fraction of sp³-hybridized carbons (Fsp3) is 0.500. The molecule has 2 rings (SSSR count). The monoisotopic (exact) mass is 348 g/mol. The van der Waals surface area contributed by atoms with Crippen molar-refractivity contribution >= 4 is 18.0 Å². The number of carbonyl (C=O) groups is 3. The molecule has 136 valence electrons. The van der Waals surface area contributed by atoms with Crippen LogP contribution in [0.25, 0.3) is 0 Å². The molecule has 1 aromatic rings. The number of benzene rings is 1. The summed E-state index contributed by atoms with van der Waals surface area (Å²) in [5, 5.41) is 14.5. The van der Waals surface area contributed by atoms with Gasteiger partial charge in [-0.1, -0.05) is 12.1 Å². The highest BCUT2D eigenvalue weighted by atomic mass is 16.5. The molecule has 0 aromatic heterocycles. The molecule has 0 saturated heterocycles. The molecule has 1 fully saturated rings. The van der Waals surface area contributed by atoms with E-state index in [0.717, 1.165) is 31.2 Å². The van der Waals surface area contributed by atoms with Gasteiger partial charge in [0.1, 0.15) is 0 Å². The first-order chi connectivity index (χ1) is 12.0. The molecule has 0 radical (unpaired) electrons. The van der Waals surface area contributed by atoms with Gasteiger partial charge in [0.25, 0.3) is 0 Å². The standard InChI is InChI=1S/C18H24N2O5/c1-2-25-17(23)14-7-9-15(10-8-14)20-18(24)19-11-12-3-5-13(6-4-12)16(21)22/h3-6,14-15H,2,7-11H2,1H3,(H,21,22)(H2,19,20,24). The highest BCUT2D eigenvalue weighted by Crippen LogP contribution is 2.25. The zero-order valence-corrected chi connectivity index (χ0v) is 14.3. The third-order valence-electron chi connectivity index (χ3n) is 4.34. The number of amides is 2. The molecule has 7 nitrogen and oxygen atoms in total. The third kappa shape index (κ3) is 5.77. The largest absolute Gasteiger partial charge is 0.478 e. The summed E-state index contributed by atoms with van der Waals surface area (Å²) in [6.45, 7) is 2.52. The van der Waals surface area contributed by atoms with E-state index in [1.54, 1.807) is 19.1 Å². The lowest BCUT2D eigenvalue weighted by atomic mass is 9.86. The van der Waals surface area contributed by atoms with Crippen molar-refractivity contribution in [3.05, 3.63) is 35.4 Å². The highest BCUT2D eigenvalue weighted by molar-refractivity contribution is 5.87. The average molecular weight is 348 g/mol. The Balaban J connectivity index is 1.70. The summed E-state index contributed by atoms with van der Waals surface area (Å²) in [6.07, 6.45) is 2.95. The topological polar surface area (TPSA) is 105 Å². The first-order valence-electron chi connectivity index (χ1n) is 8.52. The van der Waals surface area contributed by atoms with Crippen molar-refractivity contribution in [2.45, 2.75) is 45.2 Å². The number of hydrogen-bond acceptors (Lipinski definition) is 4. The van der Waals surface area contributed by atoms with Gasteiger partial charge in [-0.05, 0) is 50.3 Å². The smallest absolute Gasteiger partial charge is 0.335 e. The molecule has 0 aliphatic heterocycles. The second-order valence-corrected chi connectivity index (χ2v) is 6.13. The van der Waals surface area contributed by atoms with Crippen molar-refractivity contribution in [2.75, 3.05) is 6.61 Å². The minimum atomic E-state index is -0.976. The van der Waals surface area contributed by atoms with E-state index in [2.05, 4.69) is 10.6 Å². The minimum Gasteiger partial charge on any atom is -0.478 e. The average Bonchev–Trinajstić information content (AvgIpc) is 2.61. The summed E-state index contributed by atoms with van der Waals surface area (Å²) in [5.74, 6) is -1.18. The molecule has 2 amide bonds. The minimum absolute atomic E-state index is 0.0556. The Morgan fingerprint density at radius 2 is 1.76 bits per heavy atom. The Bertz CT molecular complexity index is 606. The predicted octanol–water partition coefficient (Wildman–Crippen LogP) is 2.31. The van der Waals surface area contributed by atoms with Crippen molar-refractivity contribution in [3.8, 4) is 0 Å². The van der Waals surface area contributed by atoms with E-state index in [9.17, 15) is 14.4 Å². The zero-order chi connectivity index (χ0) is 18.2. The van der Waals surface area contributed by atoms with Gasteiger partial charge in [0.05, 0.1) is 18.1 Å². The van der Waals surface area contributed by atoms with Gasteiger partial charge in [0.2, 0.25) is 0 Å². The number of carboxylic acid groups (broad SMARTS) is 1. The van der Waals surface area contributed by atoms with Crippen molar-refractivity contribution in [2.24, 2.45) is 5.92 Å². The Hall–Kier alpha value is -2.57. The van der Waals surface area contributed by atoms with E-state index in [1.807, 2.05) is 0 Å². The lowest BCUT2D eigenvalue weighted by Gasteiger charge is -2.27. The SMILES string of the molecule is CCOC(=O)C1CCC(NC(=O)NCc2ccc(C(=O)O)cc2)CC1. The maximum Gasteiger partial charge on any atom is 0.335 e.